The van der Waals surface area contributed by atoms with Gasteiger partial charge < -0.3 is 14.8 Å². The Labute approximate surface area is 110 Å². The summed E-state index contributed by atoms with van der Waals surface area (Å²) in [5, 5.41) is 3.14. The van der Waals surface area contributed by atoms with Gasteiger partial charge in [0, 0.05) is 25.3 Å². The molecule has 6 heteroatoms. The summed E-state index contributed by atoms with van der Waals surface area (Å²) in [7, 11) is 1.59. The van der Waals surface area contributed by atoms with Crippen molar-refractivity contribution in [2.45, 2.75) is 32.3 Å². The third-order valence-corrected chi connectivity index (χ3v) is 2.64. The van der Waals surface area contributed by atoms with Crippen LogP contribution in [0.25, 0.3) is 0 Å². The fourth-order valence-electron chi connectivity index (χ4n) is 1.65. The van der Waals surface area contributed by atoms with Gasteiger partial charge in [0.05, 0.1) is 6.61 Å². The molecular weight excluding hydrogens is 259 g/mol. The zero-order valence-corrected chi connectivity index (χ0v) is 11.0. The molecule has 1 unspecified atom stereocenters. The molecule has 1 aromatic rings. The lowest BCUT2D eigenvalue weighted by Crippen LogP contribution is -2.32. The molecule has 19 heavy (non-hydrogen) atoms. The largest absolute Gasteiger partial charge is 0.573 e. The first-order valence-corrected chi connectivity index (χ1v) is 6.02. The third-order valence-electron chi connectivity index (χ3n) is 2.64. The standard InChI is InChI=1S/C13H18F3NO2/c1-3-11(9-18-2)17-8-10-6-4-5-7-12(10)19-13(14,15)16/h4-7,11,17H,3,8-9H2,1-2H3. The number of hydrogen-bond donors (Lipinski definition) is 1. The summed E-state index contributed by atoms with van der Waals surface area (Å²) in [6.45, 7) is 2.79. The molecule has 0 bridgehead atoms. The lowest BCUT2D eigenvalue weighted by molar-refractivity contribution is -0.274. The topological polar surface area (TPSA) is 30.5 Å². The van der Waals surface area contributed by atoms with Crippen molar-refractivity contribution in [1.29, 1.82) is 0 Å². The average molecular weight is 277 g/mol. The molecule has 1 atom stereocenters. The Morgan fingerprint density at radius 3 is 2.53 bits per heavy atom. The summed E-state index contributed by atoms with van der Waals surface area (Å²) in [6, 6.07) is 6.20. The number of para-hydroxylation sites is 1. The van der Waals surface area contributed by atoms with Crippen molar-refractivity contribution in [1.82, 2.24) is 5.32 Å². The van der Waals surface area contributed by atoms with Crippen LogP contribution in [0, 0.1) is 0 Å². The lowest BCUT2D eigenvalue weighted by atomic mass is 10.1. The molecule has 1 aromatic carbocycles. The molecule has 0 fully saturated rings. The predicted molar refractivity (Wildman–Crippen MR) is 65.9 cm³/mol. The monoisotopic (exact) mass is 277 g/mol. The van der Waals surface area contributed by atoms with Crippen LogP contribution in [0.4, 0.5) is 13.2 Å². The van der Waals surface area contributed by atoms with E-state index in [0.717, 1.165) is 6.42 Å². The Balaban J connectivity index is 2.67. The molecule has 0 amide bonds. The highest BCUT2D eigenvalue weighted by Crippen LogP contribution is 2.26. The van der Waals surface area contributed by atoms with Gasteiger partial charge in [-0.2, -0.15) is 0 Å². The number of benzene rings is 1. The van der Waals surface area contributed by atoms with E-state index in [9.17, 15) is 13.2 Å². The molecule has 1 rings (SSSR count). The van der Waals surface area contributed by atoms with E-state index in [2.05, 4.69) is 10.1 Å². The van der Waals surface area contributed by atoms with Crippen LogP contribution in [0.1, 0.15) is 18.9 Å². The van der Waals surface area contributed by atoms with E-state index in [0.29, 0.717) is 18.7 Å². The summed E-state index contributed by atoms with van der Waals surface area (Å²) >= 11 is 0. The molecule has 0 saturated carbocycles. The predicted octanol–water partition coefficient (Wildman–Crippen LogP) is 3.10. The van der Waals surface area contributed by atoms with Gasteiger partial charge in [-0.05, 0) is 12.5 Å². The molecule has 0 radical (unpaired) electrons. The molecular formula is C13H18F3NO2. The molecule has 1 N–H and O–H groups in total. The minimum Gasteiger partial charge on any atom is -0.405 e. The van der Waals surface area contributed by atoms with Gasteiger partial charge in [-0.25, -0.2) is 0 Å². The molecule has 0 aliphatic rings. The van der Waals surface area contributed by atoms with Crippen LogP contribution in [0.5, 0.6) is 5.75 Å². The number of ether oxygens (including phenoxy) is 2. The van der Waals surface area contributed by atoms with Crippen LogP contribution in [-0.2, 0) is 11.3 Å². The van der Waals surface area contributed by atoms with Gasteiger partial charge in [0.25, 0.3) is 0 Å². The fourth-order valence-corrected chi connectivity index (χ4v) is 1.65. The van der Waals surface area contributed by atoms with E-state index in [1.165, 1.54) is 12.1 Å². The highest BCUT2D eigenvalue weighted by Gasteiger charge is 2.31. The van der Waals surface area contributed by atoms with Crippen molar-refractivity contribution in [3.05, 3.63) is 29.8 Å². The van der Waals surface area contributed by atoms with Gasteiger partial charge in [-0.3, -0.25) is 0 Å². The molecule has 0 saturated heterocycles. The van der Waals surface area contributed by atoms with Crippen molar-refractivity contribution >= 4 is 0 Å². The highest BCUT2D eigenvalue weighted by molar-refractivity contribution is 5.33. The van der Waals surface area contributed by atoms with E-state index in [-0.39, 0.29) is 11.8 Å². The second-order valence-corrected chi connectivity index (χ2v) is 4.10. The highest BCUT2D eigenvalue weighted by atomic mass is 19.4. The maximum atomic E-state index is 12.2. The van der Waals surface area contributed by atoms with Crippen molar-refractivity contribution in [3.63, 3.8) is 0 Å². The number of halogens is 3. The number of hydrogen-bond acceptors (Lipinski definition) is 3. The Morgan fingerprint density at radius 1 is 1.26 bits per heavy atom. The summed E-state index contributed by atoms with van der Waals surface area (Å²) in [6.07, 6.45) is -3.84. The summed E-state index contributed by atoms with van der Waals surface area (Å²) in [5.41, 5.74) is 0.467. The molecule has 0 heterocycles. The van der Waals surface area contributed by atoms with Gasteiger partial charge in [-0.15, -0.1) is 13.2 Å². The van der Waals surface area contributed by atoms with Gasteiger partial charge in [0.15, 0.2) is 0 Å². The van der Waals surface area contributed by atoms with Crippen molar-refractivity contribution in [2.75, 3.05) is 13.7 Å². The first kappa shape index (κ1) is 15.8. The molecule has 108 valence electrons. The smallest absolute Gasteiger partial charge is 0.405 e. The first-order chi connectivity index (χ1) is 8.96. The van der Waals surface area contributed by atoms with Crippen LogP contribution >= 0.6 is 0 Å². The third kappa shape index (κ3) is 5.94. The van der Waals surface area contributed by atoms with Crippen LogP contribution in [0.3, 0.4) is 0 Å². The summed E-state index contributed by atoms with van der Waals surface area (Å²) < 4.78 is 45.7. The zero-order chi connectivity index (χ0) is 14.3. The van der Waals surface area contributed by atoms with E-state index in [1.807, 2.05) is 6.92 Å². The molecule has 0 aromatic heterocycles. The van der Waals surface area contributed by atoms with Crippen molar-refractivity contribution < 1.29 is 22.6 Å². The van der Waals surface area contributed by atoms with E-state index in [4.69, 9.17) is 4.74 Å². The van der Waals surface area contributed by atoms with E-state index >= 15 is 0 Å². The molecule has 0 aliphatic carbocycles. The zero-order valence-electron chi connectivity index (χ0n) is 11.0. The van der Waals surface area contributed by atoms with Gasteiger partial charge in [-0.1, -0.05) is 25.1 Å². The minimum absolute atomic E-state index is 0.101. The summed E-state index contributed by atoms with van der Waals surface area (Å²) in [4.78, 5) is 0. The van der Waals surface area contributed by atoms with Crippen LogP contribution in [0.2, 0.25) is 0 Å². The van der Waals surface area contributed by atoms with Crippen LogP contribution < -0.4 is 10.1 Å². The Kier molecular flexibility index (Phi) is 6.11. The second kappa shape index (κ2) is 7.35. The maximum absolute atomic E-state index is 12.2. The quantitative estimate of drug-likeness (QED) is 0.830. The van der Waals surface area contributed by atoms with Gasteiger partial charge >= 0.3 is 6.36 Å². The van der Waals surface area contributed by atoms with Crippen molar-refractivity contribution in [3.8, 4) is 5.75 Å². The Bertz CT molecular complexity index is 382. The minimum atomic E-state index is -4.67. The SMILES string of the molecule is CCC(COC)NCc1ccccc1OC(F)(F)F. The summed E-state index contributed by atoms with van der Waals surface area (Å²) in [5.74, 6) is -0.172. The van der Waals surface area contributed by atoms with E-state index in [1.54, 1.807) is 19.2 Å². The Hall–Kier alpha value is -1.27. The molecule has 0 aliphatic heterocycles. The molecule has 3 nitrogen and oxygen atoms in total. The fraction of sp³-hybridized carbons (Fsp3) is 0.538. The first-order valence-electron chi connectivity index (χ1n) is 6.02. The lowest BCUT2D eigenvalue weighted by Gasteiger charge is -2.18. The number of alkyl halides is 3. The number of nitrogens with one attached hydrogen (secondary N) is 1. The van der Waals surface area contributed by atoms with Crippen LogP contribution in [0.15, 0.2) is 24.3 Å². The normalized spacial score (nSPS) is 13.3. The van der Waals surface area contributed by atoms with Gasteiger partial charge in [0.1, 0.15) is 5.75 Å². The average Bonchev–Trinajstić information content (AvgIpc) is 2.34. The second-order valence-electron chi connectivity index (χ2n) is 4.10. The number of rotatable bonds is 7. The van der Waals surface area contributed by atoms with Crippen LogP contribution in [-0.4, -0.2) is 26.1 Å². The van der Waals surface area contributed by atoms with Gasteiger partial charge in [0.2, 0.25) is 0 Å². The number of methoxy groups -OCH3 is 1. The Morgan fingerprint density at radius 2 is 1.95 bits per heavy atom. The van der Waals surface area contributed by atoms with E-state index < -0.39 is 6.36 Å². The van der Waals surface area contributed by atoms with Crippen molar-refractivity contribution in [2.24, 2.45) is 0 Å². The maximum Gasteiger partial charge on any atom is 0.573 e. The molecule has 0 spiro atoms.